The zero-order chi connectivity index (χ0) is 27.5. The number of nitrogens with zero attached hydrogens (tertiary/aromatic N) is 5. The molecule has 0 amide bonds. The number of rotatable bonds is 9. The zero-order valence-corrected chi connectivity index (χ0v) is 21.6. The molecule has 11 nitrogen and oxygen atoms in total. The lowest BCUT2D eigenvalue weighted by atomic mass is 10.1. The molecule has 40 heavy (non-hydrogen) atoms. The van der Waals surface area contributed by atoms with E-state index in [-0.39, 0.29) is 18.1 Å². The third kappa shape index (κ3) is 4.93. The van der Waals surface area contributed by atoms with Gasteiger partial charge in [-0.2, -0.15) is 4.98 Å². The summed E-state index contributed by atoms with van der Waals surface area (Å²) in [4.78, 5) is 25.7. The van der Waals surface area contributed by atoms with E-state index in [1.165, 1.54) is 0 Å². The van der Waals surface area contributed by atoms with Gasteiger partial charge in [-0.15, -0.1) is 0 Å². The topological polar surface area (TPSA) is 147 Å². The number of fused-ring (bicyclic) bond motifs is 1. The van der Waals surface area contributed by atoms with Gasteiger partial charge in [-0.05, 0) is 42.8 Å². The lowest BCUT2D eigenvalue weighted by Crippen LogP contribution is -2.15. The zero-order valence-electron chi connectivity index (χ0n) is 21.6. The third-order valence-corrected chi connectivity index (χ3v) is 6.53. The van der Waals surface area contributed by atoms with Crippen LogP contribution in [-0.2, 0) is 6.54 Å². The van der Waals surface area contributed by atoms with Crippen LogP contribution in [0.4, 0.5) is 17.2 Å². The minimum absolute atomic E-state index is 0.127. The SMILES string of the molecule is CCn1[nH]c(=O)c2ccc(Nc3cc(N[C@H](CO)c4ccccc4)c(-c4nc(-c5ccccn5)no4)cn3)cc21. The maximum absolute atomic E-state index is 12.2. The van der Waals surface area contributed by atoms with Gasteiger partial charge in [-0.25, -0.2) is 4.98 Å². The van der Waals surface area contributed by atoms with Crippen LogP contribution in [0.2, 0.25) is 0 Å². The molecule has 0 spiro atoms. The molecule has 0 bridgehead atoms. The van der Waals surface area contributed by atoms with Crippen molar-refractivity contribution in [3.8, 4) is 23.0 Å². The molecule has 0 saturated carbocycles. The Kier molecular flexibility index (Phi) is 6.77. The van der Waals surface area contributed by atoms with Crippen LogP contribution in [0.5, 0.6) is 0 Å². The second kappa shape index (κ2) is 10.8. The standard InChI is InChI=1S/C29H26N8O3/c1-2-37-25-14-19(11-12-20(25)28(39)35-37)32-26-15-23(33-24(17-38)18-8-4-3-5-9-18)21(16-31-26)29-34-27(36-40-29)22-10-6-7-13-30-22/h3-16,24,38H,2,17H2,1H3,(H,35,39)(H2,31,32,33)/t24-/m1/s1. The number of benzene rings is 2. The van der Waals surface area contributed by atoms with Crippen LogP contribution < -0.4 is 16.2 Å². The van der Waals surface area contributed by atoms with Crippen molar-refractivity contribution < 1.29 is 9.63 Å². The fourth-order valence-corrected chi connectivity index (χ4v) is 4.52. The molecule has 0 saturated heterocycles. The van der Waals surface area contributed by atoms with Crippen molar-refractivity contribution in [1.29, 1.82) is 0 Å². The summed E-state index contributed by atoms with van der Waals surface area (Å²) in [7, 11) is 0. The summed E-state index contributed by atoms with van der Waals surface area (Å²) in [6.45, 7) is 2.46. The van der Waals surface area contributed by atoms with Gasteiger partial charge >= 0.3 is 0 Å². The van der Waals surface area contributed by atoms with Crippen molar-refractivity contribution in [3.05, 3.63) is 101 Å². The van der Waals surface area contributed by atoms with Gasteiger partial charge in [0.1, 0.15) is 11.5 Å². The highest BCUT2D eigenvalue weighted by Crippen LogP contribution is 2.33. The highest BCUT2D eigenvalue weighted by atomic mass is 16.5. The van der Waals surface area contributed by atoms with Crippen LogP contribution in [0.1, 0.15) is 18.5 Å². The first kappa shape index (κ1) is 25.0. The second-order valence-electron chi connectivity index (χ2n) is 9.09. The maximum atomic E-state index is 12.2. The highest BCUT2D eigenvalue weighted by molar-refractivity contribution is 5.84. The van der Waals surface area contributed by atoms with E-state index in [0.717, 1.165) is 16.8 Å². The summed E-state index contributed by atoms with van der Waals surface area (Å²) in [5.41, 5.74) is 4.12. The first-order valence-electron chi connectivity index (χ1n) is 12.8. The van der Waals surface area contributed by atoms with Crippen LogP contribution in [0.15, 0.2) is 94.5 Å². The molecule has 4 aromatic heterocycles. The van der Waals surface area contributed by atoms with E-state index in [2.05, 4.69) is 35.8 Å². The third-order valence-electron chi connectivity index (χ3n) is 6.53. The van der Waals surface area contributed by atoms with Gasteiger partial charge < -0.3 is 20.3 Å². The summed E-state index contributed by atoms with van der Waals surface area (Å²) in [5.74, 6) is 1.15. The lowest BCUT2D eigenvalue weighted by molar-refractivity contribution is 0.276. The predicted molar refractivity (Wildman–Crippen MR) is 152 cm³/mol. The van der Waals surface area contributed by atoms with E-state index in [9.17, 15) is 9.90 Å². The number of nitrogens with one attached hydrogen (secondary N) is 3. The summed E-state index contributed by atoms with van der Waals surface area (Å²) in [6, 6.07) is 22.1. The number of hydrogen-bond acceptors (Lipinski definition) is 9. The van der Waals surface area contributed by atoms with Crippen molar-refractivity contribution in [2.24, 2.45) is 0 Å². The van der Waals surface area contributed by atoms with Gasteiger partial charge in [0.05, 0.1) is 34.8 Å². The fourth-order valence-electron chi connectivity index (χ4n) is 4.52. The average molecular weight is 535 g/mol. The Morgan fingerprint density at radius 2 is 1.90 bits per heavy atom. The Bertz CT molecular complexity index is 1810. The quantitative estimate of drug-likeness (QED) is 0.206. The fraction of sp³-hybridized carbons (Fsp3) is 0.138. The number of H-pyrrole nitrogens is 1. The van der Waals surface area contributed by atoms with Crippen LogP contribution in [0, 0.1) is 0 Å². The Hall–Kier alpha value is -5.29. The van der Waals surface area contributed by atoms with E-state index < -0.39 is 6.04 Å². The Balaban J connectivity index is 1.38. The van der Waals surface area contributed by atoms with Crippen molar-refractivity contribution in [1.82, 2.24) is 29.9 Å². The van der Waals surface area contributed by atoms with E-state index >= 15 is 0 Å². The number of pyridine rings is 2. The average Bonchev–Trinajstić information content (AvgIpc) is 3.61. The van der Waals surface area contributed by atoms with Crippen LogP contribution >= 0.6 is 0 Å². The maximum Gasteiger partial charge on any atom is 0.271 e. The molecule has 2 aromatic carbocycles. The summed E-state index contributed by atoms with van der Waals surface area (Å²) >= 11 is 0. The molecule has 0 radical (unpaired) electrons. The van der Waals surface area contributed by atoms with Gasteiger partial charge in [0, 0.05) is 30.7 Å². The van der Waals surface area contributed by atoms with Crippen molar-refractivity contribution in [2.75, 3.05) is 17.2 Å². The molecule has 6 rings (SSSR count). The largest absolute Gasteiger partial charge is 0.394 e. The summed E-state index contributed by atoms with van der Waals surface area (Å²) < 4.78 is 7.40. The van der Waals surface area contributed by atoms with Gasteiger partial charge in [0.25, 0.3) is 11.4 Å². The first-order valence-corrected chi connectivity index (χ1v) is 12.8. The van der Waals surface area contributed by atoms with Crippen molar-refractivity contribution in [2.45, 2.75) is 19.5 Å². The Morgan fingerprint density at radius 1 is 1.05 bits per heavy atom. The molecule has 0 aliphatic rings. The van der Waals surface area contributed by atoms with Crippen molar-refractivity contribution >= 4 is 28.1 Å². The number of aromatic nitrogens is 6. The van der Waals surface area contributed by atoms with Crippen LogP contribution in [-0.4, -0.2) is 41.6 Å². The van der Waals surface area contributed by atoms with Gasteiger partial charge in [0.2, 0.25) is 5.82 Å². The van der Waals surface area contributed by atoms with Crippen molar-refractivity contribution in [3.63, 3.8) is 0 Å². The number of aliphatic hydroxyl groups is 1. The molecule has 1 atom stereocenters. The number of aromatic amines is 1. The molecule has 6 aromatic rings. The van der Waals surface area contributed by atoms with Crippen LogP contribution in [0.3, 0.4) is 0 Å². The minimum Gasteiger partial charge on any atom is -0.394 e. The number of anilines is 3. The first-order chi connectivity index (χ1) is 19.6. The van der Waals surface area contributed by atoms with E-state index in [1.807, 2.05) is 67.6 Å². The summed E-state index contributed by atoms with van der Waals surface area (Å²) in [5, 5.41) is 24.5. The highest BCUT2D eigenvalue weighted by Gasteiger charge is 2.19. The molecule has 0 fully saturated rings. The predicted octanol–water partition coefficient (Wildman–Crippen LogP) is 4.75. The van der Waals surface area contributed by atoms with E-state index in [4.69, 9.17) is 4.52 Å². The van der Waals surface area contributed by atoms with E-state index in [0.29, 0.717) is 40.5 Å². The van der Waals surface area contributed by atoms with Gasteiger partial charge in [-0.1, -0.05) is 41.6 Å². The minimum atomic E-state index is -0.399. The van der Waals surface area contributed by atoms with Crippen LogP contribution in [0.25, 0.3) is 33.9 Å². The molecular weight excluding hydrogens is 508 g/mol. The number of hydrogen-bond donors (Lipinski definition) is 4. The molecule has 0 aliphatic heterocycles. The van der Waals surface area contributed by atoms with Gasteiger partial charge in [0.15, 0.2) is 0 Å². The molecule has 200 valence electrons. The normalized spacial score (nSPS) is 11.9. The monoisotopic (exact) mass is 534 g/mol. The summed E-state index contributed by atoms with van der Waals surface area (Å²) in [6.07, 6.45) is 3.30. The Morgan fingerprint density at radius 3 is 2.67 bits per heavy atom. The van der Waals surface area contributed by atoms with E-state index in [1.54, 1.807) is 29.2 Å². The lowest BCUT2D eigenvalue weighted by Gasteiger charge is -2.20. The van der Waals surface area contributed by atoms with Gasteiger partial charge in [-0.3, -0.25) is 19.6 Å². The molecule has 11 heteroatoms. The molecule has 4 heterocycles. The molecule has 4 N–H and O–H groups in total. The molecule has 0 unspecified atom stereocenters. The second-order valence-corrected chi connectivity index (χ2v) is 9.09. The molecular formula is C29H26N8O3. The Labute approximate surface area is 228 Å². The molecule has 0 aliphatic carbocycles. The smallest absolute Gasteiger partial charge is 0.271 e. The number of aryl methyl sites for hydroxylation is 1. The number of aliphatic hydroxyl groups excluding tert-OH is 1.